The Balaban J connectivity index is 2.11. The van der Waals surface area contributed by atoms with Gasteiger partial charge in [-0.05, 0) is 25.5 Å². The number of anilines is 1. The lowest BCUT2D eigenvalue weighted by atomic mass is 10.2. The number of hydrogen-bond donors (Lipinski definition) is 1. The van der Waals surface area contributed by atoms with Gasteiger partial charge in [0.15, 0.2) is 0 Å². The van der Waals surface area contributed by atoms with E-state index in [4.69, 9.17) is 18.0 Å². The van der Waals surface area contributed by atoms with Crippen LogP contribution >= 0.6 is 12.2 Å². The summed E-state index contributed by atoms with van der Waals surface area (Å²) in [6, 6.07) is 6.13. The molecule has 6 heteroatoms. The maximum Gasteiger partial charge on any atom is 0.116 e. The third-order valence-electron chi connectivity index (χ3n) is 3.70. The fourth-order valence-corrected chi connectivity index (χ4v) is 2.72. The monoisotopic (exact) mass is 301 g/mol. The van der Waals surface area contributed by atoms with Gasteiger partial charge in [0.25, 0.3) is 0 Å². The molecule has 0 unspecified atom stereocenters. The van der Waals surface area contributed by atoms with Crippen molar-refractivity contribution in [2.75, 3.05) is 31.1 Å². The zero-order valence-corrected chi connectivity index (χ0v) is 12.9. The van der Waals surface area contributed by atoms with Crippen LogP contribution in [0.2, 0.25) is 0 Å². The average Bonchev–Trinajstić information content (AvgIpc) is 2.74. The quantitative estimate of drug-likeness (QED) is 0.520. The lowest BCUT2D eigenvalue weighted by molar-refractivity contribution is 0.369. The third kappa shape index (κ3) is 3.70. The molecular weight excluding hydrogens is 282 g/mol. The Morgan fingerprint density at radius 1 is 1.38 bits per heavy atom. The standard InChI is InChI=1S/C15H19N5S/c1-12(14(10-16)15(17)21)19-6-3-7-20(9-8-19)13-4-2-5-18-11-13/h2,4-5,11H,3,6-9H2,1H3,(H2,17,21). The minimum absolute atomic E-state index is 0.170. The van der Waals surface area contributed by atoms with E-state index in [-0.39, 0.29) is 4.99 Å². The molecule has 1 aromatic rings. The first kappa shape index (κ1) is 15.3. The van der Waals surface area contributed by atoms with Crippen LogP contribution in [0.15, 0.2) is 35.8 Å². The fourth-order valence-electron chi connectivity index (χ4n) is 2.52. The molecule has 2 heterocycles. The second kappa shape index (κ2) is 7.04. The van der Waals surface area contributed by atoms with Gasteiger partial charge >= 0.3 is 0 Å². The molecule has 5 nitrogen and oxygen atoms in total. The van der Waals surface area contributed by atoms with E-state index < -0.39 is 0 Å². The van der Waals surface area contributed by atoms with Crippen LogP contribution in [0.3, 0.4) is 0 Å². The van der Waals surface area contributed by atoms with Crippen molar-refractivity contribution in [2.45, 2.75) is 13.3 Å². The summed E-state index contributed by atoms with van der Waals surface area (Å²) in [4.78, 5) is 8.84. The summed E-state index contributed by atoms with van der Waals surface area (Å²) in [5, 5.41) is 9.18. The third-order valence-corrected chi connectivity index (χ3v) is 3.91. The van der Waals surface area contributed by atoms with E-state index in [1.165, 1.54) is 0 Å². The normalized spacial score (nSPS) is 16.8. The number of pyridine rings is 1. The molecule has 1 fully saturated rings. The number of aromatic nitrogens is 1. The Morgan fingerprint density at radius 2 is 2.19 bits per heavy atom. The van der Waals surface area contributed by atoms with E-state index in [2.05, 4.69) is 26.9 Å². The zero-order valence-electron chi connectivity index (χ0n) is 12.1. The largest absolute Gasteiger partial charge is 0.389 e. The smallest absolute Gasteiger partial charge is 0.116 e. The Labute approximate surface area is 130 Å². The second-order valence-electron chi connectivity index (χ2n) is 4.98. The maximum atomic E-state index is 9.18. The maximum absolute atomic E-state index is 9.18. The molecule has 110 valence electrons. The fraction of sp³-hybridized carbons (Fsp3) is 0.400. The molecule has 0 spiro atoms. The van der Waals surface area contributed by atoms with Crippen LogP contribution in [0.5, 0.6) is 0 Å². The topological polar surface area (TPSA) is 69.2 Å². The minimum atomic E-state index is 0.170. The summed E-state index contributed by atoms with van der Waals surface area (Å²) in [6.07, 6.45) is 4.68. The van der Waals surface area contributed by atoms with Crippen molar-refractivity contribution in [2.24, 2.45) is 5.73 Å². The Hall–Kier alpha value is -2.13. The van der Waals surface area contributed by atoms with Gasteiger partial charge in [-0.2, -0.15) is 5.26 Å². The van der Waals surface area contributed by atoms with Gasteiger partial charge in [0, 0.05) is 38.1 Å². The van der Waals surface area contributed by atoms with E-state index >= 15 is 0 Å². The van der Waals surface area contributed by atoms with Gasteiger partial charge in [-0.25, -0.2) is 0 Å². The molecule has 1 saturated heterocycles. The molecule has 0 saturated carbocycles. The van der Waals surface area contributed by atoms with E-state index in [0.717, 1.165) is 44.0 Å². The van der Waals surface area contributed by atoms with Gasteiger partial charge in [-0.1, -0.05) is 12.2 Å². The number of nitrogens with two attached hydrogens (primary N) is 1. The lowest BCUT2D eigenvalue weighted by Gasteiger charge is -2.25. The predicted octanol–water partition coefficient (Wildman–Crippen LogP) is 1.68. The molecule has 1 aromatic heterocycles. The molecule has 0 bridgehead atoms. The van der Waals surface area contributed by atoms with Crippen LogP contribution in [-0.2, 0) is 0 Å². The molecule has 0 aliphatic carbocycles. The lowest BCUT2D eigenvalue weighted by Crippen LogP contribution is -2.31. The number of nitrogens with zero attached hydrogens (tertiary/aromatic N) is 4. The van der Waals surface area contributed by atoms with Crippen molar-refractivity contribution in [1.29, 1.82) is 5.26 Å². The number of hydrogen-bond acceptors (Lipinski definition) is 5. The van der Waals surface area contributed by atoms with Gasteiger partial charge in [0.2, 0.25) is 0 Å². The highest BCUT2D eigenvalue weighted by atomic mass is 32.1. The zero-order chi connectivity index (χ0) is 15.2. The number of nitriles is 1. The van der Waals surface area contributed by atoms with E-state index in [9.17, 15) is 5.26 Å². The SMILES string of the molecule is CC(=C(C#N)C(N)=S)N1CCCN(c2cccnc2)CC1. The summed E-state index contributed by atoms with van der Waals surface area (Å²) in [5.74, 6) is 0. The minimum Gasteiger partial charge on any atom is -0.389 e. The van der Waals surface area contributed by atoms with E-state index in [0.29, 0.717) is 5.57 Å². The van der Waals surface area contributed by atoms with Crippen molar-refractivity contribution in [3.8, 4) is 6.07 Å². The predicted molar refractivity (Wildman–Crippen MR) is 87.7 cm³/mol. The van der Waals surface area contributed by atoms with Gasteiger partial charge in [-0.15, -0.1) is 0 Å². The first-order valence-electron chi connectivity index (χ1n) is 6.94. The van der Waals surface area contributed by atoms with Gasteiger partial charge < -0.3 is 15.5 Å². The highest BCUT2D eigenvalue weighted by Gasteiger charge is 2.18. The van der Waals surface area contributed by atoms with Gasteiger partial charge in [0.05, 0.1) is 11.9 Å². The molecule has 1 aliphatic heterocycles. The van der Waals surface area contributed by atoms with Crippen molar-refractivity contribution < 1.29 is 0 Å². The second-order valence-corrected chi connectivity index (χ2v) is 5.42. The summed E-state index contributed by atoms with van der Waals surface area (Å²) in [6.45, 7) is 5.52. The molecule has 2 N–H and O–H groups in total. The number of thiocarbonyl (C=S) groups is 1. The number of allylic oxidation sites excluding steroid dienone is 1. The summed E-state index contributed by atoms with van der Waals surface area (Å²) in [5.41, 5.74) is 8.04. The molecule has 0 aromatic carbocycles. The van der Waals surface area contributed by atoms with Crippen molar-refractivity contribution >= 4 is 22.9 Å². The van der Waals surface area contributed by atoms with Crippen LogP contribution in [0, 0.1) is 11.3 Å². The molecule has 2 rings (SSSR count). The average molecular weight is 301 g/mol. The van der Waals surface area contributed by atoms with Crippen molar-refractivity contribution in [1.82, 2.24) is 9.88 Å². The summed E-state index contributed by atoms with van der Waals surface area (Å²) in [7, 11) is 0. The Bertz CT molecular complexity index is 575. The molecular formula is C15H19N5S. The van der Waals surface area contributed by atoms with Gasteiger partial charge in [-0.3, -0.25) is 4.98 Å². The number of rotatable bonds is 3. The molecule has 0 atom stereocenters. The van der Waals surface area contributed by atoms with E-state index in [1.807, 2.05) is 19.2 Å². The van der Waals surface area contributed by atoms with Crippen LogP contribution in [-0.4, -0.2) is 41.1 Å². The van der Waals surface area contributed by atoms with Crippen LogP contribution in [0.4, 0.5) is 5.69 Å². The van der Waals surface area contributed by atoms with Crippen molar-refractivity contribution in [3.63, 3.8) is 0 Å². The van der Waals surface area contributed by atoms with Crippen LogP contribution in [0.25, 0.3) is 0 Å². The Kier molecular flexibility index (Phi) is 5.12. The van der Waals surface area contributed by atoms with E-state index in [1.54, 1.807) is 6.20 Å². The van der Waals surface area contributed by atoms with Gasteiger partial charge in [0.1, 0.15) is 16.6 Å². The molecule has 21 heavy (non-hydrogen) atoms. The molecule has 0 radical (unpaired) electrons. The molecule has 1 aliphatic rings. The highest BCUT2D eigenvalue weighted by molar-refractivity contribution is 7.80. The van der Waals surface area contributed by atoms with Crippen LogP contribution < -0.4 is 10.6 Å². The Morgan fingerprint density at radius 3 is 2.81 bits per heavy atom. The van der Waals surface area contributed by atoms with Crippen molar-refractivity contribution in [3.05, 3.63) is 35.8 Å². The summed E-state index contributed by atoms with van der Waals surface area (Å²) < 4.78 is 0. The molecule has 0 amide bonds. The highest BCUT2D eigenvalue weighted by Crippen LogP contribution is 2.18. The summed E-state index contributed by atoms with van der Waals surface area (Å²) >= 11 is 4.95. The first-order valence-corrected chi connectivity index (χ1v) is 7.35. The van der Waals surface area contributed by atoms with Crippen LogP contribution in [0.1, 0.15) is 13.3 Å². The first-order chi connectivity index (χ1) is 10.1.